The fourth-order valence-corrected chi connectivity index (χ4v) is 5.21. The molecule has 0 heterocycles. The Morgan fingerprint density at radius 1 is 0.946 bits per heavy atom. The van der Waals surface area contributed by atoms with Crippen LogP contribution in [0.3, 0.4) is 0 Å². The molecule has 2 amide bonds. The highest BCUT2D eigenvalue weighted by molar-refractivity contribution is 7.92. The fourth-order valence-electron chi connectivity index (χ4n) is 3.79. The van der Waals surface area contributed by atoms with Gasteiger partial charge in [0.25, 0.3) is 10.0 Å². The highest BCUT2D eigenvalue weighted by atomic mass is 32.2. The van der Waals surface area contributed by atoms with E-state index >= 15 is 0 Å². The quantitative estimate of drug-likeness (QED) is 0.413. The third-order valence-electron chi connectivity index (χ3n) is 5.96. The van der Waals surface area contributed by atoms with Gasteiger partial charge in [-0.3, -0.25) is 13.9 Å². The molecule has 1 atom stereocenters. The maximum Gasteiger partial charge on any atom is 0.264 e. The number of aryl methyl sites for hydroxylation is 1. The summed E-state index contributed by atoms with van der Waals surface area (Å²) in [5.41, 5.74) is 2.24. The van der Waals surface area contributed by atoms with Crippen LogP contribution >= 0.6 is 0 Å². The highest BCUT2D eigenvalue weighted by Gasteiger charge is 2.32. The van der Waals surface area contributed by atoms with Crippen molar-refractivity contribution in [2.45, 2.75) is 38.3 Å². The molecule has 8 nitrogen and oxygen atoms in total. The number of hydrogen-bond acceptors (Lipinski definition) is 5. The number of hydrogen-bond donors (Lipinski definition) is 1. The summed E-state index contributed by atoms with van der Waals surface area (Å²) >= 11 is 0. The van der Waals surface area contributed by atoms with Gasteiger partial charge in [-0.25, -0.2) is 8.42 Å². The van der Waals surface area contributed by atoms with Gasteiger partial charge in [-0.2, -0.15) is 0 Å². The molecule has 0 spiro atoms. The van der Waals surface area contributed by atoms with Crippen LogP contribution in [0.5, 0.6) is 5.75 Å². The van der Waals surface area contributed by atoms with Gasteiger partial charge >= 0.3 is 0 Å². The van der Waals surface area contributed by atoms with Crippen LogP contribution in [-0.4, -0.2) is 51.4 Å². The second-order valence-electron chi connectivity index (χ2n) is 8.60. The predicted molar refractivity (Wildman–Crippen MR) is 144 cm³/mol. The monoisotopic (exact) mass is 523 g/mol. The van der Waals surface area contributed by atoms with Crippen LogP contribution in [0.4, 0.5) is 5.69 Å². The molecule has 0 saturated carbocycles. The summed E-state index contributed by atoms with van der Waals surface area (Å²) in [7, 11) is -2.62. The highest BCUT2D eigenvalue weighted by Crippen LogP contribution is 2.25. The average molecular weight is 524 g/mol. The zero-order chi connectivity index (χ0) is 27.0. The van der Waals surface area contributed by atoms with Crippen LogP contribution in [0.2, 0.25) is 0 Å². The normalized spacial score (nSPS) is 11.9. The van der Waals surface area contributed by atoms with Crippen molar-refractivity contribution < 1.29 is 22.7 Å². The van der Waals surface area contributed by atoms with Gasteiger partial charge in [0.2, 0.25) is 11.8 Å². The van der Waals surface area contributed by atoms with E-state index in [0.29, 0.717) is 18.0 Å². The van der Waals surface area contributed by atoms with Gasteiger partial charge in [-0.1, -0.05) is 48.0 Å². The van der Waals surface area contributed by atoms with Gasteiger partial charge in [-0.05, 0) is 62.7 Å². The minimum Gasteiger partial charge on any atom is -0.497 e. The molecule has 9 heteroatoms. The van der Waals surface area contributed by atoms with Crippen molar-refractivity contribution in [1.29, 1.82) is 0 Å². The molecule has 3 aromatic carbocycles. The number of carbonyl (C=O) groups is 2. The molecule has 37 heavy (non-hydrogen) atoms. The number of para-hydroxylation sites is 1. The van der Waals surface area contributed by atoms with Crippen molar-refractivity contribution in [3.8, 4) is 5.75 Å². The molecule has 3 rings (SSSR count). The number of rotatable bonds is 11. The van der Waals surface area contributed by atoms with Gasteiger partial charge in [0.1, 0.15) is 18.3 Å². The van der Waals surface area contributed by atoms with Gasteiger partial charge < -0.3 is 15.0 Å². The fraction of sp³-hybridized carbons (Fsp3) is 0.286. The summed E-state index contributed by atoms with van der Waals surface area (Å²) in [6, 6.07) is 21.3. The zero-order valence-corrected chi connectivity index (χ0v) is 22.4. The molecule has 0 bridgehead atoms. The Morgan fingerprint density at radius 3 is 2.14 bits per heavy atom. The molecule has 0 aliphatic carbocycles. The first-order valence-electron chi connectivity index (χ1n) is 12.0. The number of likely N-dealkylation sites (N-methyl/N-ethyl adjacent to an activating group) is 1. The van der Waals surface area contributed by atoms with Crippen LogP contribution in [0.1, 0.15) is 25.0 Å². The molecule has 0 unspecified atom stereocenters. The summed E-state index contributed by atoms with van der Waals surface area (Å²) in [6.45, 7) is 5.50. The summed E-state index contributed by atoms with van der Waals surface area (Å²) in [5.74, 6) is -0.297. The van der Waals surface area contributed by atoms with Gasteiger partial charge in [0.05, 0.1) is 17.7 Å². The molecule has 0 fully saturated rings. The van der Waals surface area contributed by atoms with Crippen LogP contribution in [0.15, 0.2) is 83.8 Å². The van der Waals surface area contributed by atoms with E-state index in [4.69, 9.17) is 4.74 Å². The van der Waals surface area contributed by atoms with Crippen LogP contribution in [0, 0.1) is 6.92 Å². The number of benzene rings is 3. The van der Waals surface area contributed by atoms with Crippen molar-refractivity contribution in [2.75, 3.05) is 24.5 Å². The Morgan fingerprint density at radius 2 is 1.57 bits per heavy atom. The Bertz CT molecular complexity index is 1290. The van der Waals surface area contributed by atoms with Crippen molar-refractivity contribution >= 4 is 27.5 Å². The lowest BCUT2D eigenvalue weighted by molar-refractivity contribution is -0.139. The molecule has 0 aliphatic rings. The number of sulfonamides is 1. The lowest BCUT2D eigenvalue weighted by atomic mass is 10.1. The van der Waals surface area contributed by atoms with E-state index < -0.39 is 28.5 Å². The zero-order valence-electron chi connectivity index (χ0n) is 21.5. The Hall–Kier alpha value is -3.85. The molecule has 196 valence electrons. The summed E-state index contributed by atoms with van der Waals surface area (Å²) in [4.78, 5) is 27.9. The van der Waals surface area contributed by atoms with Gasteiger partial charge in [0.15, 0.2) is 0 Å². The van der Waals surface area contributed by atoms with Crippen LogP contribution in [0.25, 0.3) is 0 Å². The number of ether oxygens (including phenoxy) is 1. The summed E-state index contributed by atoms with van der Waals surface area (Å²) in [5, 5.41) is 2.75. The first-order valence-corrected chi connectivity index (χ1v) is 13.5. The van der Waals surface area contributed by atoms with Crippen molar-refractivity contribution in [3.05, 3.63) is 90.0 Å². The van der Waals surface area contributed by atoms with Gasteiger partial charge in [0, 0.05) is 13.1 Å². The molecule has 1 N–H and O–H groups in total. The van der Waals surface area contributed by atoms with Crippen molar-refractivity contribution in [3.63, 3.8) is 0 Å². The van der Waals surface area contributed by atoms with E-state index in [-0.39, 0.29) is 17.3 Å². The smallest absolute Gasteiger partial charge is 0.264 e. The van der Waals surface area contributed by atoms with E-state index in [1.807, 2.05) is 31.2 Å². The van der Waals surface area contributed by atoms with E-state index in [1.165, 1.54) is 24.1 Å². The second kappa shape index (κ2) is 12.4. The molecule has 0 aromatic heterocycles. The number of nitrogens with zero attached hydrogens (tertiary/aromatic N) is 2. The maximum absolute atomic E-state index is 13.7. The molecule has 3 aromatic rings. The molecule has 0 saturated heterocycles. The number of methoxy groups -OCH3 is 1. The molecule has 0 radical (unpaired) electrons. The minimum atomic E-state index is -4.11. The predicted octanol–water partition coefficient (Wildman–Crippen LogP) is 3.75. The Kier molecular flexibility index (Phi) is 9.30. The Labute approximate surface area is 218 Å². The SMILES string of the molecule is CCNC(=O)[C@H](C)N(Cc1ccc(C)cc1)C(=O)CN(c1ccccc1)S(=O)(=O)c1ccc(OC)cc1. The largest absolute Gasteiger partial charge is 0.497 e. The molecular weight excluding hydrogens is 490 g/mol. The van der Waals surface area contributed by atoms with Crippen molar-refractivity contribution in [2.24, 2.45) is 0 Å². The van der Waals surface area contributed by atoms with Gasteiger partial charge in [-0.15, -0.1) is 0 Å². The van der Waals surface area contributed by atoms with E-state index in [9.17, 15) is 18.0 Å². The minimum absolute atomic E-state index is 0.0202. The first-order chi connectivity index (χ1) is 17.7. The Balaban J connectivity index is 1.99. The number of carbonyl (C=O) groups excluding carboxylic acids is 2. The van der Waals surface area contributed by atoms with Crippen LogP contribution < -0.4 is 14.4 Å². The van der Waals surface area contributed by atoms with E-state index in [0.717, 1.165) is 15.4 Å². The first kappa shape index (κ1) is 27.7. The lowest BCUT2D eigenvalue weighted by Gasteiger charge is -2.32. The molecular formula is C28H33N3O5S. The summed E-state index contributed by atoms with van der Waals surface area (Å²) in [6.07, 6.45) is 0. The summed E-state index contributed by atoms with van der Waals surface area (Å²) < 4.78 is 33.7. The number of anilines is 1. The average Bonchev–Trinajstić information content (AvgIpc) is 2.91. The third-order valence-corrected chi connectivity index (χ3v) is 7.75. The van der Waals surface area contributed by atoms with Crippen LogP contribution in [-0.2, 0) is 26.2 Å². The van der Waals surface area contributed by atoms with Crippen molar-refractivity contribution in [1.82, 2.24) is 10.2 Å². The second-order valence-corrected chi connectivity index (χ2v) is 10.5. The molecule has 0 aliphatic heterocycles. The van der Waals surface area contributed by atoms with E-state index in [1.54, 1.807) is 56.3 Å². The van der Waals surface area contributed by atoms with E-state index in [2.05, 4.69) is 5.32 Å². The number of nitrogens with one attached hydrogen (secondary N) is 1. The maximum atomic E-state index is 13.7. The lowest BCUT2D eigenvalue weighted by Crippen LogP contribution is -2.51. The standard InChI is InChI=1S/C28H33N3O5S/c1-5-29-28(33)22(3)30(19-23-13-11-21(2)12-14-23)27(32)20-31(24-9-7-6-8-10-24)37(34,35)26-17-15-25(36-4)16-18-26/h6-18,22H,5,19-20H2,1-4H3,(H,29,33)/t22-/m0/s1. The number of amides is 2. The topological polar surface area (TPSA) is 96.0 Å². The third kappa shape index (κ3) is 6.89.